The van der Waals surface area contributed by atoms with Gasteiger partial charge in [-0.1, -0.05) is 24.9 Å². The lowest BCUT2D eigenvalue weighted by Crippen LogP contribution is -2.44. The van der Waals surface area contributed by atoms with Crippen LogP contribution in [0, 0.1) is 17.7 Å². The molecule has 21 heavy (non-hydrogen) atoms. The van der Waals surface area contributed by atoms with Crippen molar-refractivity contribution in [1.82, 2.24) is 4.90 Å². The zero-order valence-corrected chi connectivity index (χ0v) is 13.2. The Morgan fingerprint density at radius 2 is 2.24 bits per heavy atom. The monoisotopic (exact) mass is 311 g/mol. The van der Waals surface area contributed by atoms with Gasteiger partial charge < -0.3 is 5.11 Å². The van der Waals surface area contributed by atoms with Crippen molar-refractivity contribution in [1.29, 1.82) is 0 Å². The van der Waals surface area contributed by atoms with Crippen LogP contribution in [0.3, 0.4) is 0 Å². The minimum absolute atomic E-state index is 0.240. The molecule has 0 unspecified atom stereocenters. The summed E-state index contributed by atoms with van der Waals surface area (Å²) in [5, 5.41) is 11.4. The van der Waals surface area contributed by atoms with E-state index >= 15 is 0 Å². The molecular weight excluding hydrogens is 289 g/mol. The van der Waals surface area contributed by atoms with E-state index < -0.39 is 5.60 Å². The molecule has 1 aromatic carbocycles. The third kappa shape index (κ3) is 2.96. The SMILES string of the molecule is CC[C@@]1(O)CCC[C@@H]2CN(Cc3cc(F)ccc3Cl)C[C@@H]21. The van der Waals surface area contributed by atoms with E-state index in [-0.39, 0.29) is 5.82 Å². The van der Waals surface area contributed by atoms with Crippen LogP contribution in [0.25, 0.3) is 0 Å². The number of fused-ring (bicyclic) bond motifs is 1. The van der Waals surface area contributed by atoms with Gasteiger partial charge in [-0.05, 0) is 48.9 Å². The van der Waals surface area contributed by atoms with Crippen molar-refractivity contribution >= 4 is 11.6 Å². The molecule has 2 aliphatic rings. The first-order valence-electron chi connectivity index (χ1n) is 7.90. The minimum Gasteiger partial charge on any atom is -0.390 e. The Hall–Kier alpha value is -0.640. The van der Waals surface area contributed by atoms with Gasteiger partial charge in [0.2, 0.25) is 0 Å². The zero-order valence-electron chi connectivity index (χ0n) is 12.5. The molecule has 1 saturated heterocycles. The van der Waals surface area contributed by atoms with Gasteiger partial charge in [0.15, 0.2) is 0 Å². The molecule has 0 aromatic heterocycles. The van der Waals surface area contributed by atoms with Crippen LogP contribution in [0.5, 0.6) is 0 Å². The van der Waals surface area contributed by atoms with Crippen molar-refractivity contribution in [2.45, 2.75) is 44.8 Å². The molecule has 1 aliphatic heterocycles. The van der Waals surface area contributed by atoms with E-state index in [4.69, 9.17) is 11.6 Å². The maximum absolute atomic E-state index is 13.4. The molecule has 1 saturated carbocycles. The molecule has 0 spiro atoms. The molecule has 1 heterocycles. The first kappa shape index (κ1) is 15.3. The fourth-order valence-corrected chi connectivity index (χ4v) is 4.37. The standard InChI is InChI=1S/C17H23ClFNO/c1-2-17(21)7-3-4-12-9-20(11-15(12)17)10-13-8-14(19)5-6-16(13)18/h5-6,8,12,15,21H,2-4,7,9-11H2,1H3/t12-,15+,17-/m1/s1. The number of rotatable bonds is 3. The van der Waals surface area contributed by atoms with Gasteiger partial charge in [0.05, 0.1) is 5.60 Å². The highest BCUT2D eigenvalue weighted by Gasteiger charge is 2.47. The third-order valence-corrected chi connectivity index (χ3v) is 5.77. The number of benzene rings is 1. The summed E-state index contributed by atoms with van der Waals surface area (Å²) in [6.07, 6.45) is 4.04. The van der Waals surface area contributed by atoms with Gasteiger partial charge in [-0.3, -0.25) is 4.90 Å². The van der Waals surface area contributed by atoms with E-state index in [1.807, 2.05) is 0 Å². The van der Waals surface area contributed by atoms with Crippen LogP contribution in [0.15, 0.2) is 18.2 Å². The van der Waals surface area contributed by atoms with Crippen LogP contribution in [0.1, 0.15) is 38.2 Å². The molecular formula is C17H23ClFNO. The number of halogens is 2. The summed E-state index contributed by atoms with van der Waals surface area (Å²) < 4.78 is 13.4. The fraction of sp³-hybridized carbons (Fsp3) is 0.647. The highest BCUT2D eigenvalue weighted by molar-refractivity contribution is 6.31. The number of nitrogens with zero attached hydrogens (tertiary/aromatic N) is 1. The predicted molar refractivity (Wildman–Crippen MR) is 82.8 cm³/mol. The molecule has 0 radical (unpaired) electrons. The largest absolute Gasteiger partial charge is 0.390 e. The molecule has 1 aliphatic carbocycles. The van der Waals surface area contributed by atoms with Crippen LogP contribution in [0.2, 0.25) is 5.02 Å². The Morgan fingerprint density at radius 1 is 1.43 bits per heavy atom. The van der Waals surface area contributed by atoms with Crippen molar-refractivity contribution < 1.29 is 9.50 Å². The Labute approximate surface area is 130 Å². The van der Waals surface area contributed by atoms with Gasteiger partial charge in [0, 0.05) is 30.6 Å². The van der Waals surface area contributed by atoms with Crippen LogP contribution in [-0.4, -0.2) is 28.7 Å². The zero-order chi connectivity index (χ0) is 15.0. The van der Waals surface area contributed by atoms with E-state index in [9.17, 15) is 9.50 Å². The van der Waals surface area contributed by atoms with E-state index in [2.05, 4.69) is 11.8 Å². The van der Waals surface area contributed by atoms with Gasteiger partial charge in [0.25, 0.3) is 0 Å². The molecule has 1 aromatic rings. The number of aliphatic hydroxyl groups is 1. The quantitative estimate of drug-likeness (QED) is 0.916. The molecule has 1 N–H and O–H groups in total. The summed E-state index contributed by atoms with van der Waals surface area (Å²) in [4.78, 5) is 2.32. The summed E-state index contributed by atoms with van der Waals surface area (Å²) >= 11 is 6.17. The number of likely N-dealkylation sites (tertiary alicyclic amines) is 1. The summed E-state index contributed by atoms with van der Waals surface area (Å²) in [5.74, 6) is 0.677. The third-order valence-electron chi connectivity index (χ3n) is 5.41. The maximum Gasteiger partial charge on any atom is 0.123 e. The highest BCUT2D eigenvalue weighted by Crippen LogP contribution is 2.44. The summed E-state index contributed by atoms with van der Waals surface area (Å²) in [7, 11) is 0. The van der Waals surface area contributed by atoms with E-state index in [0.29, 0.717) is 23.4 Å². The molecule has 116 valence electrons. The normalized spacial score (nSPS) is 33.1. The average molecular weight is 312 g/mol. The molecule has 2 nitrogen and oxygen atoms in total. The van der Waals surface area contributed by atoms with Gasteiger partial charge >= 0.3 is 0 Å². The predicted octanol–water partition coefficient (Wildman–Crippen LogP) is 3.85. The topological polar surface area (TPSA) is 23.5 Å². The van der Waals surface area contributed by atoms with Crippen molar-refractivity contribution in [3.63, 3.8) is 0 Å². The summed E-state index contributed by atoms with van der Waals surface area (Å²) in [6, 6.07) is 4.54. The van der Waals surface area contributed by atoms with Gasteiger partial charge in [-0.2, -0.15) is 0 Å². The van der Waals surface area contributed by atoms with Crippen LogP contribution < -0.4 is 0 Å². The van der Waals surface area contributed by atoms with Crippen LogP contribution in [-0.2, 0) is 6.54 Å². The van der Waals surface area contributed by atoms with E-state index in [0.717, 1.165) is 37.9 Å². The Morgan fingerprint density at radius 3 is 3.00 bits per heavy atom. The van der Waals surface area contributed by atoms with E-state index in [1.54, 1.807) is 6.07 Å². The second kappa shape index (κ2) is 5.86. The molecule has 4 heteroatoms. The second-order valence-corrected chi connectivity index (χ2v) is 7.05. The lowest BCUT2D eigenvalue weighted by atomic mass is 9.69. The summed E-state index contributed by atoms with van der Waals surface area (Å²) in [6.45, 7) is 4.62. The number of hydrogen-bond acceptors (Lipinski definition) is 2. The van der Waals surface area contributed by atoms with Gasteiger partial charge in [0.1, 0.15) is 5.82 Å². The molecule has 3 atom stereocenters. The highest BCUT2D eigenvalue weighted by atomic mass is 35.5. The lowest BCUT2D eigenvalue weighted by Gasteiger charge is -2.40. The minimum atomic E-state index is -0.511. The molecule has 0 amide bonds. The van der Waals surface area contributed by atoms with Gasteiger partial charge in [-0.25, -0.2) is 4.39 Å². The smallest absolute Gasteiger partial charge is 0.123 e. The Bertz CT molecular complexity index is 524. The van der Waals surface area contributed by atoms with Crippen LogP contribution >= 0.6 is 11.6 Å². The Balaban J connectivity index is 1.73. The van der Waals surface area contributed by atoms with Gasteiger partial charge in [-0.15, -0.1) is 0 Å². The second-order valence-electron chi connectivity index (χ2n) is 6.65. The van der Waals surface area contributed by atoms with Crippen molar-refractivity contribution in [2.75, 3.05) is 13.1 Å². The Kier molecular flexibility index (Phi) is 4.26. The van der Waals surface area contributed by atoms with Crippen molar-refractivity contribution in [3.8, 4) is 0 Å². The first-order chi connectivity index (χ1) is 10.0. The fourth-order valence-electron chi connectivity index (χ4n) is 4.19. The lowest BCUT2D eigenvalue weighted by molar-refractivity contribution is -0.0613. The molecule has 0 bridgehead atoms. The molecule has 3 rings (SSSR count). The van der Waals surface area contributed by atoms with E-state index in [1.165, 1.54) is 18.6 Å². The number of hydrogen-bond donors (Lipinski definition) is 1. The van der Waals surface area contributed by atoms with Crippen LogP contribution in [0.4, 0.5) is 4.39 Å². The van der Waals surface area contributed by atoms with Crippen molar-refractivity contribution in [2.24, 2.45) is 11.8 Å². The average Bonchev–Trinajstić information content (AvgIpc) is 2.87. The first-order valence-corrected chi connectivity index (χ1v) is 8.28. The molecule has 2 fully saturated rings. The van der Waals surface area contributed by atoms with Crippen molar-refractivity contribution in [3.05, 3.63) is 34.6 Å². The summed E-state index contributed by atoms with van der Waals surface area (Å²) in [5.41, 5.74) is 0.332. The maximum atomic E-state index is 13.4.